The predicted molar refractivity (Wildman–Crippen MR) is 57.5 cm³/mol. The Morgan fingerprint density at radius 2 is 2.53 bits per heavy atom. The van der Waals surface area contributed by atoms with Crippen molar-refractivity contribution in [3.63, 3.8) is 0 Å². The molecule has 0 unspecified atom stereocenters. The van der Waals surface area contributed by atoms with Gasteiger partial charge < -0.3 is 14.6 Å². The molecule has 0 aliphatic carbocycles. The van der Waals surface area contributed by atoms with Crippen LogP contribution in [0.3, 0.4) is 0 Å². The number of hydrogen-bond acceptors (Lipinski definition) is 4. The van der Waals surface area contributed by atoms with E-state index in [1.807, 2.05) is 6.07 Å². The fraction of sp³-hybridized carbons (Fsp3) is 0.500. The van der Waals surface area contributed by atoms with Crippen LogP contribution < -0.4 is 5.32 Å². The number of hydrogen-bond donors (Lipinski definition) is 1. The van der Waals surface area contributed by atoms with Crippen LogP contribution in [-0.2, 0) is 11.3 Å². The lowest BCUT2D eigenvalue weighted by Crippen LogP contribution is -2.23. The first-order chi connectivity index (χ1) is 7.31. The van der Waals surface area contributed by atoms with Crippen molar-refractivity contribution >= 4 is 17.2 Å². The standard InChI is InChI=1S/C10H13ClN2O2/c1-14-6-7-4-10(13-15-7)8-5-12-3-2-9(8)11/h4,12H,2-3,5-6H2,1H3. The van der Waals surface area contributed by atoms with E-state index in [0.717, 1.165) is 41.6 Å². The zero-order valence-corrected chi connectivity index (χ0v) is 9.30. The van der Waals surface area contributed by atoms with Gasteiger partial charge in [0.1, 0.15) is 12.3 Å². The van der Waals surface area contributed by atoms with E-state index in [9.17, 15) is 0 Å². The average Bonchev–Trinajstić information content (AvgIpc) is 2.68. The minimum Gasteiger partial charge on any atom is -0.377 e. The average molecular weight is 229 g/mol. The molecule has 1 aliphatic heterocycles. The lowest BCUT2D eigenvalue weighted by Gasteiger charge is -2.14. The monoisotopic (exact) mass is 228 g/mol. The van der Waals surface area contributed by atoms with Gasteiger partial charge in [-0.15, -0.1) is 0 Å². The Kier molecular flexibility index (Phi) is 3.41. The summed E-state index contributed by atoms with van der Waals surface area (Å²) in [6.45, 7) is 2.11. The second kappa shape index (κ2) is 4.79. The molecule has 5 heteroatoms. The molecule has 0 spiro atoms. The molecule has 0 radical (unpaired) electrons. The van der Waals surface area contributed by atoms with Crippen molar-refractivity contribution < 1.29 is 9.26 Å². The minimum atomic E-state index is 0.436. The van der Waals surface area contributed by atoms with Gasteiger partial charge in [0.05, 0.1) is 0 Å². The van der Waals surface area contributed by atoms with Gasteiger partial charge in [0.2, 0.25) is 0 Å². The lowest BCUT2D eigenvalue weighted by molar-refractivity contribution is 0.156. The number of halogens is 1. The van der Waals surface area contributed by atoms with E-state index in [2.05, 4.69) is 10.5 Å². The third-order valence-electron chi connectivity index (χ3n) is 2.31. The number of nitrogens with one attached hydrogen (secondary N) is 1. The van der Waals surface area contributed by atoms with Crippen LogP contribution in [0.5, 0.6) is 0 Å². The molecule has 1 aromatic rings. The van der Waals surface area contributed by atoms with Gasteiger partial charge in [-0.25, -0.2) is 0 Å². The van der Waals surface area contributed by atoms with Crippen molar-refractivity contribution in [1.29, 1.82) is 0 Å². The first-order valence-electron chi connectivity index (χ1n) is 4.84. The van der Waals surface area contributed by atoms with E-state index >= 15 is 0 Å². The van der Waals surface area contributed by atoms with Crippen molar-refractivity contribution in [2.24, 2.45) is 0 Å². The molecule has 0 aromatic carbocycles. The van der Waals surface area contributed by atoms with E-state index in [-0.39, 0.29) is 0 Å². The van der Waals surface area contributed by atoms with Crippen molar-refractivity contribution in [3.05, 3.63) is 22.6 Å². The molecule has 15 heavy (non-hydrogen) atoms. The van der Waals surface area contributed by atoms with E-state index in [4.69, 9.17) is 20.9 Å². The number of ether oxygens (including phenoxy) is 1. The summed E-state index contributed by atoms with van der Waals surface area (Å²) >= 11 is 6.13. The molecule has 0 amide bonds. The molecule has 4 nitrogen and oxygen atoms in total. The molecule has 0 fully saturated rings. The van der Waals surface area contributed by atoms with Crippen LogP contribution in [0, 0.1) is 0 Å². The van der Waals surface area contributed by atoms with Crippen molar-refractivity contribution in [2.75, 3.05) is 20.2 Å². The Bertz CT molecular complexity index is 373. The first-order valence-corrected chi connectivity index (χ1v) is 5.22. The molecule has 0 bridgehead atoms. The molecule has 2 heterocycles. The summed E-state index contributed by atoms with van der Waals surface area (Å²) < 4.78 is 10.1. The van der Waals surface area contributed by atoms with Crippen molar-refractivity contribution in [1.82, 2.24) is 10.5 Å². The summed E-state index contributed by atoms with van der Waals surface area (Å²) in [5, 5.41) is 8.09. The van der Waals surface area contributed by atoms with Crippen molar-refractivity contribution in [3.8, 4) is 0 Å². The normalized spacial score (nSPS) is 17.2. The van der Waals surface area contributed by atoms with Crippen molar-refractivity contribution in [2.45, 2.75) is 13.0 Å². The maximum atomic E-state index is 6.13. The summed E-state index contributed by atoms with van der Waals surface area (Å²) in [6, 6.07) is 1.87. The molecule has 1 aromatic heterocycles. The fourth-order valence-electron chi connectivity index (χ4n) is 1.55. The summed E-state index contributed by atoms with van der Waals surface area (Å²) in [5.74, 6) is 0.718. The van der Waals surface area contributed by atoms with E-state index in [1.54, 1.807) is 7.11 Å². The highest BCUT2D eigenvalue weighted by molar-refractivity contribution is 6.32. The van der Waals surface area contributed by atoms with Gasteiger partial charge in [-0.1, -0.05) is 16.8 Å². The summed E-state index contributed by atoms with van der Waals surface area (Å²) in [6.07, 6.45) is 0.851. The zero-order chi connectivity index (χ0) is 10.7. The van der Waals surface area contributed by atoms with Gasteiger partial charge in [-0.3, -0.25) is 0 Å². The Hall–Kier alpha value is -0.840. The Morgan fingerprint density at radius 1 is 1.67 bits per heavy atom. The second-order valence-corrected chi connectivity index (χ2v) is 3.88. The minimum absolute atomic E-state index is 0.436. The third-order valence-corrected chi connectivity index (χ3v) is 2.72. The number of nitrogens with zero attached hydrogens (tertiary/aromatic N) is 1. The Balaban J connectivity index is 2.21. The number of aromatic nitrogens is 1. The molecular formula is C10H13ClN2O2. The van der Waals surface area contributed by atoms with Gasteiger partial charge in [-0.05, 0) is 6.42 Å². The maximum Gasteiger partial charge on any atom is 0.162 e. The highest BCUT2D eigenvalue weighted by atomic mass is 35.5. The Labute approximate surface area is 93.2 Å². The topological polar surface area (TPSA) is 47.3 Å². The van der Waals surface area contributed by atoms with Gasteiger partial charge in [-0.2, -0.15) is 0 Å². The molecule has 2 rings (SSSR count). The highest BCUT2D eigenvalue weighted by Gasteiger charge is 2.16. The molecule has 0 atom stereocenters. The lowest BCUT2D eigenvalue weighted by atomic mass is 10.1. The van der Waals surface area contributed by atoms with Gasteiger partial charge >= 0.3 is 0 Å². The summed E-state index contributed by atoms with van der Waals surface area (Å²) in [7, 11) is 1.62. The summed E-state index contributed by atoms with van der Waals surface area (Å²) in [5.41, 5.74) is 1.83. The van der Waals surface area contributed by atoms with Crippen LogP contribution in [-0.4, -0.2) is 25.4 Å². The van der Waals surface area contributed by atoms with Crippen LogP contribution in [0.25, 0.3) is 5.57 Å². The van der Waals surface area contributed by atoms with E-state index < -0.39 is 0 Å². The van der Waals surface area contributed by atoms with Crippen LogP contribution in [0.15, 0.2) is 15.6 Å². The molecular weight excluding hydrogens is 216 g/mol. The van der Waals surface area contributed by atoms with Gasteiger partial charge in [0.15, 0.2) is 5.76 Å². The van der Waals surface area contributed by atoms with Crippen LogP contribution in [0.1, 0.15) is 17.9 Å². The Morgan fingerprint density at radius 3 is 3.27 bits per heavy atom. The first kappa shape index (κ1) is 10.7. The molecule has 0 saturated heterocycles. The second-order valence-electron chi connectivity index (χ2n) is 3.42. The predicted octanol–water partition coefficient (Wildman–Crippen LogP) is 1.76. The SMILES string of the molecule is COCc1cc(C2=C(Cl)CCNC2)no1. The number of methoxy groups -OCH3 is 1. The fourth-order valence-corrected chi connectivity index (χ4v) is 1.81. The largest absolute Gasteiger partial charge is 0.377 e. The zero-order valence-electron chi connectivity index (χ0n) is 8.55. The van der Waals surface area contributed by atoms with Gasteiger partial charge in [0, 0.05) is 36.9 Å². The molecule has 0 saturated carbocycles. The maximum absolute atomic E-state index is 6.13. The quantitative estimate of drug-likeness (QED) is 0.857. The van der Waals surface area contributed by atoms with Crippen LogP contribution in [0.4, 0.5) is 0 Å². The van der Waals surface area contributed by atoms with Gasteiger partial charge in [0.25, 0.3) is 0 Å². The van der Waals surface area contributed by atoms with Crippen LogP contribution >= 0.6 is 11.6 Å². The number of rotatable bonds is 3. The van der Waals surface area contributed by atoms with E-state index in [1.165, 1.54) is 0 Å². The highest BCUT2D eigenvalue weighted by Crippen LogP contribution is 2.25. The summed E-state index contributed by atoms with van der Waals surface area (Å²) in [4.78, 5) is 0. The molecule has 1 N–H and O–H groups in total. The molecule has 1 aliphatic rings. The van der Waals surface area contributed by atoms with Crippen LogP contribution in [0.2, 0.25) is 0 Å². The smallest absolute Gasteiger partial charge is 0.162 e. The van der Waals surface area contributed by atoms with E-state index in [0.29, 0.717) is 6.61 Å². The third kappa shape index (κ3) is 2.40. The molecule has 82 valence electrons.